The molecule has 1 N–H and O–H groups in total. The maximum Gasteiger partial charge on any atom is 0.285 e. The Balaban J connectivity index is 2.15. The quantitative estimate of drug-likeness (QED) is 0.533. The van der Waals surface area contributed by atoms with Gasteiger partial charge in [-0.3, -0.25) is 0 Å². The molecule has 0 aliphatic rings. The fraction of sp³-hybridized carbons (Fsp3) is 0.143. The summed E-state index contributed by atoms with van der Waals surface area (Å²) in [6.07, 6.45) is 0. The molecule has 0 radical (unpaired) electrons. The molecule has 0 bridgehead atoms. The maximum atomic E-state index is 11.9. The van der Waals surface area contributed by atoms with Crippen LogP contribution in [0.5, 0.6) is 17.2 Å². The Bertz CT molecular complexity index is 727. The number of ether oxygens (including phenoxy) is 3. The van der Waals surface area contributed by atoms with Gasteiger partial charge in [0.1, 0.15) is 17.2 Å². The van der Waals surface area contributed by atoms with E-state index >= 15 is 0 Å². The Labute approximate surface area is 154 Å². The molecule has 0 saturated carbocycles. The number of benzene rings is 3. The van der Waals surface area contributed by atoms with Crippen LogP contribution in [0.2, 0.25) is 0 Å². The van der Waals surface area contributed by atoms with E-state index in [9.17, 15) is 4.80 Å². The molecule has 26 heavy (non-hydrogen) atoms. The Hall–Kier alpha value is -2.76. The van der Waals surface area contributed by atoms with Crippen LogP contribution in [0.1, 0.15) is 0 Å². The van der Waals surface area contributed by atoms with Crippen LogP contribution in [0.3, 0.4) is 0 Å². The van der Waals surface area contributed by atoms with Gasteiger partial charge in [0.05, 0.1) is 21.3 Å². The average molecular weight is 366 g/mol. The Morgan fingerprint density at radius 2 is 0.731 bits per heavy atom. The molecular weight excluding hydrogens is 344 g/mol. The molecule has 3 rings (SSSR count). The molecule has 3 aromatic carbocycles. The summed E-state index contributed by atoms with van der Waals surface area (Å²) in [7, 11) is 1.74. The molecule has 0 spiro atoms. The second kappa shape index (κ2) is 7.64. The summed E-state index contributed by atoms with van der Waals surface area (Å²) >= 11 is 0. The second-order valence-electron chi connectivity index (χ2n) is 5.90. The maximum absolute atomic E-state index is 11.9. The van der Waals surface area contributed by atoms with Crippen molar-refractivity contribution in [2.24, 2.45) is 0 Å². The first-order valence-electron chi connectivity index (χ1n) is 8.27. The van der Waals surface area contributed by atoms with E-state index < -0.39 is 8.32 Å². The molecule has 0 aliphatic heterocycles. The van der Waals surface area contributed by atoms with E-state index in [-0.39, 0.29) is 0 Å². The second-order valence-corrected chi connectivity index (χ2v) is 9.05. The molecule has 0 aromatic heterocycles. The normalized spacial score (nSPS) is 11.1. The van der Waals surface area contributed by atoms with Crippen molar-refractivity contribution < 1.29 is 19.0 Å². The number of methoxy groups -OCH3 is 3. The minimum atomic E-state index is -3.15. The molecule has 0 aliphatic carbocycles. The fourth-order valence-corrected chi connectivity index (χ4v) is 5.94. The average Bonchev–Trinajstić information content (AvgIpc) is 2.73. The van der Waals surface area contributed by atoms with Gasteiger partial charge in [0.2, 0.25) is 0 Å². The van der Waals surface area contributed by atoms with Crippen LogP contribution in [0.4, 0.5) is 0 Å². The molecule has 0 amide bonds. The molecule has 5 heteroatoms. The first-order chi connectivity index (χ1) is 12.6. The summed E-state index contributed by atoms with van der Waals surface area (Å²) in [5.74, 6) is 2.28. The molecule has 134 valence electrons. The summed E-state index contributed by atoms with van der Waals surface area (Å²) in [6, 6.07) is 22.8. The van der Waals surface area contributed by atoms with E-state index in [2.05, 4.69) is 0 Å². The van der Waals surface area contributed by atoms with Crippen LogP contribution in [0, 0.1) is 0 Å². The van der Waals surface area contributed by atoms with Gasteiger partial charge >= 0.3 is 0 Å². The minimum Gasteiger partial charge on any atom is -0.497 e. The van der Waals surface area contributed by atoms with Crippen molar-refractivity contribution in [3.05, 3.63) is 72.8 Å². The van der Waals surface area contributed by atoms with E-state index in [0.717, 1.165) is 32.8 Å². The zero-order valence-corrected chi connectivity index (χ0v) is 16.1. The summed E-state index contributed by atoms with van der Waals surface area (Å²) in [5, 5.41) is 2.65. The Morgan fingerprint density at radius 3 is 0.923 bits per heavy atom. The topological polar surface area (TPSA) is 47.9 Å². The first kappa shape index (κ1) is 18.0. The minimum absolute atomic E-state index is 0.759. The Morgan fingerprint density at radius 1 is 0.500 bits per heavy atom. The summed E-state index contributed by atoms with van der Waals surface area (Å²) in [6.45, 7) is 0. The Kier molecular flexibility index (Phi) is 5.30. The molecule has 0 heterocycles. The SMILES string of the molecule is COc1ccc([Si](O)(c2ccc(OC)cc2)c2ccc(OC)cc2)cc1. The van der Waals surface area contributed by atoms with E-state index in [1.807, 2.05) is 72.8 Å². The molecule has 0 fully saturated rings. The van der Waals surface area contributed by atoms with Gasteiger partial charge in [-0.25, -0.2) is 0 Å². The number of rotatable bonds is 6. The lowest BCUT2D eigenvalue weighted by Gasteiger charge is -2.27. The predicted octanol–water partition coefficient (Wildman–Crippen LogP) is 1.67. The highest BCUT2D eigenvalue weighted by atomic mass is 28.4. The fourth-order valence-electron chi connectivity index (χ4n) is 3.00. The first-order valence-corrected chi connectivity index (χ1v) is 10.2. The van der Waals surface area contributed by atoms with Crippen molar-refractivity contribution in [1.29, 1.82) is 0 Å². The van der Waals surface area contributed by atoms with Gasteiger partial charge < -0.3 is 19.0 Å². The monoisotopic (exact) mass is 366 g/mol. The highest BCUT2D eigenvalue weighted by molar-refractivity contribution is 7.06. The molecule has 4 nitrogen and oxygen atoms in total. The smallest absolute Gasteiger partial charge is 0.285 e. The summed E-state index contributed by atoms with van der Waals surface area (Å²) in [5.41, 5.74) is 0. The van der Waals surface area contributed by atoms with Gasteiger partial charge in [-0.15, -0.1) is 0 Å². The lowest BCUT2D eigenvalue weighted by molar-refractivity contribution is 0.415. The van der Waals surface area contributed by atoms with Crippen LogP contribution in [-0.2, 0) is 0 Å². The predicted molar refractivity (Wildman–Crippen MR) is 106 cm³/mol. The van der Waals surface area contributed by atoms with E-state index in [0.29, 0.717) is 0 Å². The summed E-state index contributed by atoms with van der Waals surface area (Å²) < 4.78 is 15.8. The zero-order chi connectivity index (χ0) is 18.6. The van der Waals surface area contributed by atoms with Crippen molar-refractivity contribution in [3.8, 4) is 17.2 Å². The third kappa shape index (κ3) is 3.31. The molecular formula is C21H22O4Si. The number of hydrogen-bond acceptors (Lipinski definition) is 4. The largest absolute Gasteiger partial charge is 0.497 e. The zero-order valence-electron chi connectivity index (χ0n) is 15.1. The van der Waals surface area contributed by atoms with Crippen LogP contribution < -0.4 is 29.8 Å². The molecule has 3 aromatic rings. The van der Waals surface area contributed by atoms with Crippen molar-refractivity contribution >= 4 is 23.9 Å². The van der Waals surface area contributed by atoms with Gasteiger partial charge in [0.25, 0.3) is 8.32 Å². The van der Waals surface area contributed by atoms with Gasteiger partial charge in [0.15, 0.2) is 0 Å². The van der Waals surface area contributed by atoms with Gasteiger partial charge in [-0.05, 0) is 52.0 Å². The van der Waals surface area contributed by atoms with E-state index in [4.69, 9.17) is 14.2 Å². The molecule has 0 atom stereocenters. The van der Waals surface area contributed by atoms with Crippen LogP contribution >= 0.6 is 0 Å². The van der Waals surface area contributed by atoms with Crippen molar-refractivity contribution in [1.82, 2.24) is 0 Å². The van der Waals surface area contributed by atoms with Crippen LogP contribution in [-0.4, -0.2) is 34.4 Å². The molecule has 0 unspecified atom stereocenters. The van der Waals surface area contributed by atoms with Crippen molar-refractivity contribution in [2.75, 3.05) is 21.3 Å². The standard InChI is InChI=1S/C21H22O4Si/c1-23-16-4-10-19(11-5-16)26(22,20-12-6-17(24-2)7-13-20)21-14-8-18(25-3)9-15-21/h4-15,22H,1-3H3. The lowest BCUT2D eigenvalue weighted by atomic mass is 10.3. The van der Waals surface area contributed by atoms with Gasteiger partial charge in [0, 0.05) is 0 Å². The third-order valence-electron chi connectivity index (χ3n) is 4.52. The van der Waals surface area contributed by atoms with Gasteiger partial charge in [-0.2, -0.15) is 0 Å². The lowest BCUT2D eigenvalue weighted by Crippen LogP contribution is -2.67. The molecule has 0 saturated heterocycles. The summed E-state index contributed by atoms with van der Waals surface area (Å²) in [4.78, 5) is 11.9. The highest BCUT2D eigenvalue weighted by Crippen LogP contribution is 2.14. The van der Waals surface area contributed by atoms with E-state index in [1.165, 1.54) is 0 Å². The van der Waals surface area contributed by atoms with E-state index in [1.54, 1.807) is 21.3 Å². The van der Waals surface area contributed by atoms with Crippen molar-refractivity contribution in [3.63, 3.8) is 0 Å². The van der Waals surface area contributed by atoms with Crippen LogP contribution in [0.25, 0.3) is 0 Å². The highest BCUT2D eigenvalue weighted by Gasteiger charge is 2.38. The third-order valence-corrected chi connectivity index (χ3v) is 8.03. The van der Waals surface area contributed by atoms with Crippen molar-refractivity contribution in [2.45, 2.75) is 0 Å². The number of hydrogen-bond donors (Lipinski definition) is 1. The van der Waals surface area contributed by atoms with Gasteiger partial charge in [-0.1, -0.05) is 36.4 Å². The van der Waals surface area contributed by atoms with Crippen LogP contribution in [0.15, 0.2) is 72.8 Å².